The number of rotatable bonds is 9. The Hall–Kier alpha value is -1.19. The molecule has 1 aromatic heterocycles. The summed E-state index contributed by atoms with van der Waals surface area (Å²) in [7, 11) is 0. The quantitative estimate of drug-likeness (QED) is 0.665. The molecule has 1 rings (SSSR count). The zero-order chi connectivity index (χ0) is 14.3. The van der Waals surface area contributed by atoms with Crippen LogP contribution in [0.5, 0.6) is 0 Å². The van der Waals surface area contributed by atoms with Crippen molar-refractivity contribution in [2.75, 3.05) is 11.1 Å². The van der Waals surface area contributed by atoms with Gasteiger partial charge in [0.25, 0.3) is 0 Å². The molecule has 4 nitrogen and oxygen atoms in total. The predicted molar refractivity (Wildman–Crippen MR) is 83.5 cm³/mol. The summed E-state index contributed by atoms with van der Waals surface area (Å²) in [6, 6.07) is 0.450. The smallest absolute Gasteiger partial charge is 0.148 e. The van der Waals surface area contributed by atoms with Gasteiger partial charge in [0.15, 0.2) is 0 Å². The molecule has 19 heavy (non-hydrogen) atoms. The molecule has 0 amide bonds. The molecule has 1 atom stereocenters. The Kier molecular flexibility index (Phi) is 6.74. The van der Waals surface area contributed by atoms with Crippen LogP contribution in [0.25, 0.3) is 0 Å². The molecule has 0 saturated carbocycles. The monoisotopic (exact) mass is 266 g/mol. The summed E-state index contributed by atoms with van der Waals surface area (Å²) < 4.78 is 2.01. The van der Waals surface area contributed by atoms with Crippen LogP contribution < -0.4 is 11.1 Å². The molecule has 1 aromatic rings. The normalized spacial score (nSPS) is 12.6. The fourth-order valence-corrected chi connectivity index (χ4v) is 2.30. The van der Waals surface area contributed by atoms with Crippen LogP contribution in [0.4, 0.5) is 11.5 Å². The number of aryl methyl sites for hydroxylation is 2. The maximum Gasteiger partial charge on any atom is 0.148 e. The van der Waals surface area contributed by atoms with E-state index in [4.69, 9.17) is 5.73 Å². The number of nitrogens with zero attached hydrogens (tertiary/aromatic N) is 2. The molecule has 0 radical (unpaired) electrons. The third kappa shape index (κ3) is 4.77. The molecule has 0 fully saturated rings. The van der Waals surface area contributed by atoms with Gasteiger partial charge in [-0.15, -0.1) is 0 Å². The Morgan fingerprint density at radius 3 is 2.58 bits per heavy atom. The third-order valence-electron chi connectivity index (χ3n) is 3.48. The number of hydrogen-bond acceptors (Lipinski definition) is 3. The first-order valence-electron chi connectivity index (χ1n) is 7.69. The lowest BCUT2D eigenvalue weighted by Crippen LogP contribution is -2.19. The number of nitrogens with two attached hydrogens (primary N) is 1. The number of aromatic nitrogens is 2. The lowest BCUT2D eigenvalue weighted by molar-refractivity contribution is 0.573. The van der Waals surface area contributed by atoms with E-state index in [0.29, 0.717) is 6.04 Å². The van der Waals surface area contributed by atoms with E-state index >= 15 is 0 Å². The van der Waals surface area contributed by atoms with Crippen LogP contribution in [-0.4, -0.2) is 15.8 Å². The molecule has 0 aliphatic rings. The Balaban J connectivity index is 2.55. The van der Waals surface area contributed by atoms with E-state index in [1.807, 2.05) is 11.6 Å². The fourth-order valence-electron chi connectivity index (χ4n) is 2.30. The third-order valence-corrected chi connectivity index (χ3v) is 3.48. The van der Waals surface area contributed by atoms with E-state index in [-0.39, 0.29) is 0 Å². The van der Waals surface area contributed by atoms with Crippen molar-refractivity contribution in [3.63, 3.8) is 0 Å². The van der Waals surface area contributed by atoms with E-state index < -0.39 is 0 Å². The van der Waals surface area contributed by atoms with E-state index in [2.05, 4.69) is 31.2 Å². The van der Waals surface area contributed by atoms with E-state index in [9.17, 15) is 0 Å². The summed E-state index contributed by atoms with van der Waals surface area (Å²) in [6.45, 7) is 9.52. The zero-order valence-electron chi connectivity index (χ0n) is 13.0. The topological polar surface area (TPSA) is 55.9 Å². The molecule has 3 N–H and O–H groups in total. The van der Waals surface area contributed by atoms with Gasteiger partial charge in [-0.2, -0.15) is 5.10 Å². The molecule has 1 heterocycles. The highest BCUT2D eigenvalue weighted by molar-refractivity contribution is 5.65. The minimum Gasteiger partial charge on any atom is -0.394 e. The second kappa shape index (κ2) is 8.08. The first-order chi connectivity index (χ1) is 9.10. The van der Waals surface area contributed by atoms with Crippen LogP contribution in [0.3, 0.4) is 0 Å². The van der Waals surface area contributed by atoms with Gasteiger partial charge in [-0.3, -0.25) is 0 Å². The second-order valence-electron chi connectivity index (χ2n) is 5.47. The Morgan fingerprint density at radius 1 is 1.21 bits per heavy atom. The van der Waals surface area contributed by atoms with Gasteiger partial charge in [-0.1, -0.05) is 39.5 Å². The van der Waals surface area contributed by atoms with E-state index in [1.54, 1.807) is 0 Å². The number of anilines is 2. The van der Waals surface area contributed by atoms with Crippen LogP contribution in [0.2, 0.25) is 0 Å². The van der Waals surface area contributed by atoms with Crippen molar-refractivity contribution in [1.29, 1.82) is 0 Å². The van der Waals surface area contributed by atoms with Gasteiger partial charge in [0.1, 0.15) is 5.82 Å². The summed E-state index contributed by atoms with van der Waals surface area (Å²) in [4.78, 5) is 0. The maximum absolute atomic E-state index is 6.11. The van der Waals surface area contributed by atoms with Crippen molar-refractivity contribution in [2.45, 2.75) is 78.8 Å². The van der Waals surface area contributed by atoms with Gasteiger partial charge < -0.3 is 11.1 Å². The minimum atomic E-state index is 0.450. The summed E-state index contributed by atoms with van der Waals surface area (Å²) in [5.41, 5.74) is 7.84. The molecule has 0 aliphatic heterocycles. The van der Waals surface area contributed by atoms with Crippen molar-refractivity contribution in [1.82, 2.24) is 9.78 Å². The Morgan fingerprint density at radius 2 is 1.95 bits per heavy atom. The molecule has 4 heteroatoms. The van der Waals surface area contributed by atoms with Crippen molar-refractivity contribution >= 4 is 11.5 Å². The molecule has 0 saturated heterocycles. The summed E-state index contributed by atoms with van der Waals surface area (Å²) >= 11 is 0. The van der Waals surface area contributed by atoms with Crippen LogP contribution in [0.15, 0.2) is 0 Å². The first kappa shape index (κ1) is 15.9. The van der Waals surface area contributed by atoms with Gasteiger partial charge in [-0.25, -0.2) is 4.68 Å². The van der Waals surface area contributed by atoms with Gasteiger partial charge >= 0.3 is 0 Å². The number of unbranched alkanes of at least 4 members (excludes halogenated alkanes) is 3. The minimum absolute atomic E-state index is 0.450. The van der Waals surface area contributed by atoms with Gasteiger partial charge in [0, 0.05) is 12.6 Å². The summed E-state index contributed by atoms with van der Waals surface area (Å²) in [5, 5.41) is 8.03. The molecule has 1 unspecified atom stereocenters. The first-order valence-corrected chi connectivity index (χ1v) is 7.69. The Labute approximate surface area is 117 Å². The average Bonchev–Trinajstić information content (AvgIpc) is 2.63. The summed E-state index contributed by atoms with van der Waals surface area (Å²) in [6.07, 6.45) is 7.49. The molecular weight excluding hydrogens is 236 g/mol. The van der Waals surface area contributed by atoms with Crippen molar-refractivity contribution in [3.05, 3.63) is 5.69 Å². The lowest BCUT2D eigenvalue weighted by Gasteiger charge is -2.17. The zero-order valence-corrected chi connectivity index (χ0v) is 13.0. The summed E-state index contributed by atoms with van der Waals surface area (Å²) in [5.74, 6) is 1.00. The standard InChI is InChI=1S/C15H30N4/c1-5-7-8-9-10-12(3)17-15-14(16)13(4)18-19(15)11-6-2/h12,17H,5-11,16H2,1-4H3. The van der Waals surface area contributed by atoms with Crippen LogP contribution in [0, 0.1) is 6.92 Å². The van der Waals surface area contributed by atoms with Crippen LogP contribution in [-0.2, 0) is 6.54 Å². The van der Waals surface area contributed by atoms with Gasteiger partial charge in [-0.05, 0) is 26.7 Å². The number of nitrogen functional groups attached to an aromatic ring is 1. The van der Waals surface area contributed by atoms with Crippen molar-refractivity contribution in [3.8, 4) is 0 Å². The molecule has 0 spiro atoms. The van der Waals surface area contributed by atoms with Crippen LogP contribution in [0.1, 0.15) is 65.0 Å². The molecular formula is C15H30N4. The lowest BCUT2D eigenvalue weighted by atomic mass is 10.1. The van der Waals surface area contributed by atoms with E-state index in [1.165, 1.54) is 32.1 Å². The van der Waals surface area contributed by atoms with Gasteiger partial charge in [0.05, 0.1) is 11.4 Å². The molecule has 110 valence electrons. The maximum atomic E-state index is 6.11. The number of nitrogens with one attached hydrogen (secondary N) is 1. The number of hydrogen-bond donors (Lipinski definition) is 2. The molecule has 0 aromatic carbocycles. The highest BCUT2D eigenvalue weighted by atomic mass is 15.3. The predicted octanol–water partition coefficient (Wildman–Crippen LogP) is 3.95. The van der Waals surface area contributed by atoms with Crippen molar-refractivity contribution in [2.24, 2.45) is 0 Å². The second-order valence-corrected chi connectivity index (χ2v) is 5.47. The Bertz CT molecular complexity index is 370. The fraction of sp³-hybridized carbons (Fsp3) is 0.800. The highest BCUT2D eigenvalue weighted by Gasteiger charge is 2.13. The van der Waals surface area contributed by atoms with Crippen molar-refractivity contribution < 1.29 is 0 Å². The SMILES string of the molecule is CCCCCCC(C)Nc1c(N)c(C)nn1CCC. The molecule has 0 aliphatic carbocycles. The van der Waals surface area contributed by atoms with E-state index in [0.717, 1.165) is 30.2 Å². The van der Waals surface area contributed by atoms with Crippen LogP contribution >= 0.6 is 0 Å². The highest BCUT2D eigenvalue weighted by Crippen LogP contribution is 2.24. The largest absolute Gasteiger partial charge is 0.394 e. The van der Waals surface area contributed by atoms with Gasteiger partial charge in [0.2, 0.25) is 0 Å². The molecule has 0 bridgehead atoms. The average molecular weight is 266 g/mol.